The van der Waals surface area contributed by atoms with Crippen LogP contribution in [0.5, 0.6) is 0 Å². The lowest BCUT2D eigenvalue weighted by atomic mass is 10.0. The van der Waals surface area contributed by atoms with E-state index in [1.54, 1.807) is 12.1 Å². The lowest BCUT2D eigenvalue weighted by Gasteiger charge is -2.44. The monoisotopic (exact) mass is 359 g/mol. The maximum atomic E-state index is 12.4. The van der Waals surface area contributed by atoms with Crippen molar-refractivity contribution < 1.29 is 8.42 Å². The van der Waals surface area contributed by atoms with Gasteiger partial charge in [-0.25, -0.2) is 13.1 Å². The molecule has 0 amide bonds. The van der Waals surface area contributed by atoms with E-state index in [4.69, 9.17) is 11.6 Å². The fourth-order valence-electron chi connectivity index (χ4n) is 2.75. The van der Waals surface area contributed by atoms with E-state index in [0.29, 0.717) is 11.6 Å². The molecular weight excluding hydrogens is 334 g/mol. The first-order chi connectivity index (χ1) is 10.7. The Hall–Kier alpha value is -0.660. The van der Waals surface area contributed by atoms with Crippen molar-refractivity contribution in [2.45, 2.75) is 31.2 Å². The third-order valence-corrected chi connectivity index (χ3v) is 6.16. The lowest BCUT2D eigenvalue weighted by molar-refractivity contribution is 0.0571. The quantitative estimate of drug-likeness (QED) is 0.844. The van der Waals surface area contributed by atoms with Crippen molar-refractivity contribution >= 4 is 21.6 Å². The van der Waals surface area contributed by atoms with Crippen LogP contribution < -0.4 is 4.72 Å². The van der Waals surface area contributed by atoms with Gasteiger partial charge in [-0.1, -0.05) is 18.5 Å². The molecule has 1 saturated heterocycles. The molecule has 7 heteroatoms. The average molecular weight is 360 g/mol. The van der Waals surface area contributed by atoms with E-state index in [0.717, 1.165) is 32.7 Å². The van der Waals surface area contributed by atoms with Crippen LogP contribution in [0.25, 0.3) is 0 Å². The van der Waals surface area contributed by atoms with E-state index in [9.17, 15) is 8.42 Å². The molecule has 1 aromatic carbocycles. The summed E-state index contributed by atoms with van der Waals surface area (Å²) in [5, 5.41) is 0.526. The maximum absolute atomic E-state index is 12.4. The molecule has 0 aliphatic carbocycles. The Balaban J connectivity index is 1.97. The van der Waals surface area contributed by atoms with Crippen molar-refractivity contribution in [1.82, 2.24) is 14.5 Å². The number of likely N-dealkylation sites (N-methyl/N-ethyl adjacent to an activating group) is 1. The summed E-state index contributed by atoms with van der Waals surface area (Å²) < 4.78 is 27.5. The Morgan fingerprint density at radius 2 is 1.70 bits per heavy atom. The number of piperazine rings is 1. The molecule has 1 aliphatic heterocycles. The van der Waals surface area contributed by atoms with Crippen molar-refractivity contribution in [2.24, 2.45) is 0 Å². The van der Waals surface area contributed by atoms with Crippen LogP contribution in [0.1, 0.15) is 20.8 Å². The molecular formula is C16H26ClN3O2S. The molecule has 0 radical (unpaired) electrons. The van der Waals surface area contributed by atoms with Crippen LogP contribution in [0.4, 0.5) is 0 Å². The Morgan fingerprint density at radius 1 is 1.13 bits per heavy atom. The molecule has 0 aromatic heterocycles. The second-order valence-electron chi connectivity index (χ2n) is 6.51. The molecule has 0 saturated carbocycles. The number of benzene rings is 1. The van der Waals surface area contributed by atoms with Gasteiger partial charge in [0.25, 0.3) is 0 Å². The Labute approximate surface area is 144 Å². The highest BCUT2D eigenvalue weighted by atomic mass is 35.5. The van der Waals surface area contributed by atoms with Crippen LogP contribution in [0.3, 0.4) is 0 Å². The van der Waals surface area contributed by atoms with Crippen LogP contribution in [0, 0.1) is 0 Å². The number of nitrogens with one attached hydrogen (secondary N) is 1. The predicted molar refractivity (Wildman–Crippen MR) is 94.4 cm³/mol. The molecule has 1 fully saturated rings. The van der Waals surface area contributed by atoms with E-state index in [-0.39, 0.29) is 10.4 Å². The number of sulfonamides is 1. The summed E-state index contributed by atoms with van der Waals surface area (Å²) in [7, 11) is -3.51. The number of hydrogen-bond donors (Lipinski definition) is 1. The Kier molecular flexibility index (Phi) is 6.08. The molecule has 0 unspecified atom stereocenters. The van der Waals surface area contributed by atoms with Gasteiger partial charge in [-0.15, -0.1) is 0 Å². The van der Waals surface area contributed by atoms with Gasteiger partial charge in [0.1, 0.15) is 0 Å². The van der Waals surface area contributed by atoms with Crippen LogP contribution in [0.2, 0.25) is 5.02 Å². The molecule has 1 N–H and O–H groups in total. The summed E-state index contributed by atoms with van der Waals surface area (Å²) in [6, 6.07) is 6.23. The largest absolute Gasteiger partial charge is 0.301 e. The molecule has 1 aromatic rings. The third-order valence-electron chi connectivity index (χ3n) is 4.49. The van der Waals surface area contributed by atoms with E-state index in [2.05, 4.69) is 35.3 Å². The molecule has 0 bridgehead atoms. The second kappa shape index (κ2) is 7.49. The SMILES string of the molecule is CCN1CCN(C(C)(C)CNS(=O)(=O)c2ccc(Cl)cc2)CC1. The van der Waals surface area contributed by atoms with E-state index in [1.807, 2.05) is 0 Å². The Bertz CT molecular complexity index is 609. The zero-order valence-corrected chi connectivity index (χ0v) is 15.6. The second-order valence-corrected chi connectivity index (χ2v) is 8.72. The minimum Gasteiger partial charge on any atom is -0.301 e. The summed E-state index contributed by atoms with van der Waals surface area (Å²) in [5.41, 5.74) is -0.223. The van der Waals surface area contributed by atoms with Gasteiger partial charge in [0, 0.05) is 43.3 Å². The number of rotatable bonds is 6. The summed E-state index contributed by atoms with van der Waals surface area (Å²) in [6.07, 6.45) is 0. The molecule has 1 heterocycles. The fourth-order valence-corrected chi connectivity index (χ4v) is 4.08. The summed E-state index contributed by atoms with van der Waals surface area (Å²) in [6.45, 7) is 11.8. The van der Waals surface area contributed by atoms with Gasteiger partial charge in [-0.05, 0) is 44.7 Å². The van der Waals surface area contributed by atoms with Gasteiger partial charge in [-0.2, -0.15) is 0 Å². The van der Waals surface area contributed by atoms with Gasteiger partial charge < -0.3 is 4.90 Å². The minimum absolute atomic E-state index is 0.223. The van der Waals surface area contributed by atoms with Crippen LogP contribution >= 0.6 is 11.6 Å². The number of nitrogens with zero attached hydrogens (tertiary/aromatic N) is 2. The van der Waals surface area contributed by atoms with Gasteiger partial charge >= 0.3 is 0 Å². The topological polar surface area (TPSA) is 52.6 Å². The van der Waals surface area contributed by atoms with E-state index in [1.165, 1.54) is 12.1 Å². The van der Waals surface area contributed by atoms with Gasteiger partial charge in [-0.3, -0.25) is 4.90 Å². The van der Waals surface area contributed by atoms with Crippen molar-refractivity contribution in [3.8, 4) is 0 Å². The zero-order chi connectivity index (χ0) is 17.1. The molecule has 5 nitrogen and oxygen atoms in total. The van der Waals surface area contributed by atoms with E-state index >= 15 is 0 Å². The van der Waals surface area contributed by atoms with E-state index < -0.39 is 10.0 Å². The maximum Gasteiger partial charge on any atom is 0.240 e. The smallest absolute Gasteiger partial charge is 0.240 e. The minimum atomic E-state index is -3.51. The van der Waals surface area contributed by atoms with Crippen LogP contribution in [-0.4, -0.2) is 63.0 Å². The van der Waals surface area contributed by atoms with Crippen molar-refractivity contribution in [3.63, 3.8) is 0 Å². The average Bonchev–Trinajstić information content (AvgIpc) is 2.54. The standard InChI is InChI=1S/C16H26ClN3O2S/c1-4-19-9-11-20(12-10-19)16(2,3)13-18-23(21,22)15-7-5-14(17)6-8-15/h5-8,18H,4,9-13H2,1-3H3. The first-order valence-electron chi connectivity index (χ1n) is 7.97. The molecule has 0 atom stereocenters. The predicted octanol–water partition coefficient (Wildman–Crippen LogP) is 2.03. The Morgan fingerprint density at radius 3 is 2.22 bits per heavy atom. The summed E-state index contributed by atoms with van der Waals surface area (Å²) >= 11 is 5.81. The van der Waals surface area contributed by atoms with Gasteiger partial charge in [0.2, 0.25) is 10.0 Å². The molecule has 1 aliphatic rings. The third kappa shape index (κ3) is 4.90. The number of halogens is 1. The van der Waals surface area contributed by atoms with Crippen molar-refractivity contribution in [1.29, 1.82) is 0 Å². The fraction of sp³-hybridized carbons (Fsp3) is 0.625. The highest BCUT2D eigenvalue weighted by Gasteiger charge is 2.31. The van der Waals surface area contributed by atoms with Crippen molar-refractivity contribution in [3.05, 3.63) is 29.3 Å². The number of hydrogen-bond acceptors (Lipinski definition) is 4. The highest BCUT2D eigenvalue weighted by molar-refractivity contribution is 7.89. The highest BCUT2D eigenvalue weighted by Crippen LogP contribution is 2.18. The molecule has 23 heavy (non-hydrogen) atoms. The van der Waals surface area contributed by atoms with Crippen LogP contribution in [-0.2, 0) is 10.0 Å². The normalized spacial score (nSPS) is 18.3. The first-order valence-corrected chi connectivity index (χ1v) is 9.83. The first kappa shape index (κ1) is 18.7. The molecule has 0 spiro atoms. The van der Waals surface area contributed by atoms with Crippen molar-refractivity contribution in [2.75, 3.05) is 39.3 Å². The zero-order valence-electron chi connectivity index (χ0n) is 14.0. The summed E-state index contributed by atoms with van der Waals surface area (Å²) in [5.74, 6) is 0. The van der Waals surface area contributed by atoms with Gasteiger partial charge in [0.15, 0.2) is 0 Å². The van der Waals surface area contributed by atoms with Crippen LogP contribution in [0.15, 0.2) is 29.2 Å². The lowest BCUT2D eigenvalue weighted by Crippen LogP contribution is -2.58. The molecule has 2 rings (SSSR count). The van der Waals surface area contributed by atoms with Gasteiger partial charge in [0.05, 0.1) is 4.90 Å². The molecule has 130 valence electrons. The summed E-state index contributed by atoms with van der Waals surface area (Å²) in [4.78, 5) is 5.00.